The molecular weight excluding hydrogens is 471 g/mol. The summed E-state index contributed by atoms with van der Waals surface area (Å²) < 4.78 is 37.0. The summed E-state index contributed by atoms with van der Waals surface area (Å²) in [6, 6.07) is 24.9. The number of furan rings is 1. The van der Waals surface area contributed by atoms with Crippen LogP contribution in [-0.2, 0) is 11.3 Å². The second-order valence-electron chi connectivity index (χ2n) is 7.74. The fraction of sp³-hybridized carbons (Fsp3) is 0.0741. The molecule has 182 valence electrons. The fourth-order valence-corrected chi connectivity index (χ4v) is 3.61. The van der Waals surface area contributed by atoms with Gasteiger partial charge in [-0.15, -0.1) is 0 Å². The van der Waals surface area contributed by atoms with Gasteiger partial charge in [-0.1, -0.05) is 54.6 Å². The SMILES string of the molecule is O=C(O)C(F)(F)F.[NH3+]Cc1ccc(-c2nc3ccnc(-c4ccoc4)c3cc2-c2ccccc2)cc1. The molecule has 5 rings (SSSR count). The van der Waals surface area contributed by atoms with E-state index in [0.717, 1.165) is 51.1 Å². The molecule has 0 aliphatic rings. The average molecular weight is 492 g/mol. The normalized spacial score (nSPS) is 11.1. The Hall–Kier alpha value is -4.50. The minimum Gasteiger partial charge on any atom is -0.475 e. The lowest BCUT2D eigenvalue weighted by molar-refractivity contribution is -0.386. The number of benzene rings is 2. The predicted octanol–water partition coefficient (Wildman–Crippen LogP) is 5.60. The zero-order chi connectivity index (χ0) is 25.7. The maximum absolute atomic E-state index is 10.6. The molecule has 0 unspecified atom stereocenters. The molecular formula is C27H21F3N3O3+. The van der Waals surface area contributed by atoms with E-state index < -0.39 is 12.1 Å². The van der Waals surface area contributed by atoms with Crippen LogP contribution in [0.3, 0.4) is 0 Å². The van der Waals surface area contributed by atoms with Crippen LogP contribution in [-0.4, -0.2) is 27.2 Å². The van der Waals surface area contributed by atoms with Crippen LogP contribution in [0.4, 0.5) is 13.2 Å². The van der Waals surface area contributed by atoms with Gasteiger partial charge in [0, 0.05) is 33.8 Å². The Morgan fingerprint density at radius 2 is 1.61 bits per heavy atom. The number of hydrogen-bond donors (Lipinski definition) is 2. The van der Waals surface area contributed by atoms with Gasteiger partial charge in [-0.25, -0.2) is 9.78 Å². The maximum Gasteiger partial charge on any atom is 0.490 e. The Morgan fingerprint density at radius 3 is 2.19 bits per heavy atom. The molecule has 3 heterocycles. The average Bonchev–Trinajstić information content (AvgIpc) is 3.43. The van der Waals surface area contributed by atoms with Crippen molar-refractivity contribution in [2.45, 2.75) is 12.7 Å². The van der Waals surface area contributed by atoms with E-state index in [1.54, 1.807) is 18.7 Å². The molecule has 2 aromatic carbocycles. The molecule has 0 bridgehead atoms. The first-order valence-electron chi connectivity index (χ1n) is 10.8. The van der Waals surface area contributed by atoms with E-state index in [-0.39, 0.29) is 0 Å². The highest BCUT2D eigenvalue weighted by molar-refractivity contribution is 5.98. The topological polar surface area (TPSA) is 104 Å². The quantitative estimate of drug-likeness (QED) is 0.340. The maximum atomic E-state index is 10.6. The molecule has 0 amide bonds. The number of quaternary nitrogens is 1. The van der Waals surface area contributed by atoms with Crippen LogP contribution in [0.25, 0.3) is 44.5 Å². The Kier molecular flexibility index (Phi) is 7.12. The standard InChI is InChI=1S/C25H19N3O.C2HF3O2/c26-15-17-6-8-19(9-7-17)25-21(18-4-2-1-3-5-18)14-22-23(28-25)10-12-27-24(22)20-11-13-29-16-20;3-2(4,5)1(6)7/h1-14,16H,15,26H2;(H,6,7)/p+1. The second kappa shape index (κ2) is 10.4. The van der Waals surface area contributed by atoms with Crippen LogP contribution in [0.15, 0.2) is 95.9 Å². The number of aromatic nitrogens is 2. The monoisotopic (exact) mass is 492 g/mol. The first-order chi connectivity index (χ1) is 17.3. The van der Waals surface area contributed by atoms with Crippen molar-refractivity contribution < 1.29 is 33.2 Å². The predicted molar refractivity (Wildman–Crippen MR) is 128 cm³/mol. The smallest absolute Gasteiger partial charge is 0.475 e. The molecule has 0 spiro atoms. The van der Waals surface area contributed by atoms with Crippen LogP contribution >= 0.6 is 0 Å². The van der Waals surface area contributed by atoms with Gasteiger partial charge in [0.05, 0.1) is 36.0 Å². The van der Waals surface area contributed by atoms with Gasteiger partial charge >= 0.3 is 12.1 Å². The Labute approximate surface area is 203 Å². The molecule has 9 heteroatoms. The molecule has 0 fully saturated rings. The first-order valence-corrected chi connectivity index (χ1v) is 10.8. The molecule has 6 nitrogen and oxygen atoms in total. The number of rotatable bonds is 4. The van der Waals surface area contributed by atoms with Gasteiger partial charge < -0.3 is 15.3 Å². The summed E-state index contributed by atoms with van der Waals surface area (Å²) in [5.74, 6) is -2.76. The van der Waals surface area contributed by atoms with Crippen molar-refractivity contribution in [3.05, 3.63) is 97.1 Å². The summed E-state index contributed by atoms with van der Waals surface area (Å²) in [7, 11) is 0. The fourth-order valence-electron chi connectivity index (χ4n) is 3.61. The number of aliphatic carboxylic acids is 1. The van der Waals surface area contributed by atoms with E-state index in [1.807, 2.05) is 18.2 Å². The van der Waals surface area contributed by atoms with E-state index in [1.165, 1.54) is 5.56 Å². The van der Waals surface area contributed by atoms with Crippen LogP contribution in [0.5, 0.6) is 0 Å². The highest BCUT2D eigenvalue weighted by atomic mass is 19.4. The van der Waals surface area contributed by atoms with Gasteiger partial charge in [0.2, 0.25) is 0 Å². The molecule has 0 aliphatic heterocycles. The first kappa shape index (κ1) is 24.6. The molecule has 0 saturated carbocycles. The van der Waals surface area contributed by atoms with Gasteiger partial charge in [-0.05, 0) is 23.8 Å². The molecule has 0 aliphatic carbocycles. The number of carboxylic acid groups (broad SMARTS) is 1. The summed E-state index contributed by atoms with van der Waals surface area (Å²) in [6.45, 7) is 0.775. The van der Waals surface area contributed by atoms with Crippen LogP contribution in [0, 0.1) is 0 Å². The van der Waals surface area contributed by atoms with Gasteiger partial charge in [0.1, 0.15) is 0 Å². The number of halogens is 3. The van der Waals surface area contributed by atoms with Gasteiger partial charge in [-0.3, -0.25) is 4.98 Å². The lowest BCUT2D eigenvalue weighted by Crippen LogP contribution is -2.47. The third-order valence-corrected chi connectivity index (χ3v) is 5.38. The molecule has 0 saturated heterocycles. The zero-order valence-corrected chi connectivity index (χ0v) is 18.9. The van der Waals surface area contributed by atoms with Crippen LogP contribution in [0.1, 0.15) is 5.56 Å². The molecule has 4 N–H and O–H groups in total. The molecule has 3 aromatic heterocycles. The second-order valence-corrected chi connectivity index (χ2v) is 7.74. The van der Waals surface area contributed by atoms with Crippen molar-refractivity contribution in [1.29, 1.82) is 0 Å². The lowest BCUT2D eigenvalue weighted by Gasteiger charge is -2.13. The summed E-state index contributed by atoms with van der Waals surface area (Å²) in [6.07, 6.45) is 0.102. The number of carboxylic acids is 1. The number of pyridine rings is 2. The van der Waals surface area contributed by atoms with E-state index in [2.05, 4.69) is 65.3 Å². The number of carbonyl (C=O) groups is 1. The van der Waals surface area contributed by atoms with Crippen molar-refractivity contribution in [1.82, 2.24) is 9.97 Å². The summed E-state index contributed by atoms with van der Waals surface area (Å²) >= 11 is 0. The zero-order valence-electron chi connectivity index (χ0n) is 18.9. The van der Waals surface area contributed by atoms with E-state index in [0.29, 0.717) is 0 Å². The molecule has 0 atom stereocenters. The van der Waals surface area contributed by atoms with Gasteiger partial charge in [-0.2, -0.15) is 13.2 Å². The third-order valence-electron chi connectivity index (χ3n) is 5.38. The highest BCUT2D eigenvalue weighted by Crippen LogP contribution is 2.36. The lowest BCUT2D eigenvalue weighted by atomic mass is 9.96. The summed E-state index contributed by atoms with van der Waals surface area (Å²) in [4.78, 5) is 18.6. The van der Waals surface area contributed by atoms with Crippen LogP contribution < -0.4 is 5.73 Å². The molecule has 0 radical (unpaired) electrons. The van der Waals surface area contributed by atoms with E-state index in [4.69, 9.17) is 19.3 Å². The number of nitrogens with zero attached hydrogens (tertiary/aromatic N) is 2. The minimum atomic E-state index is -5.08. The third kappa shape index (κ3) is 5.42. The van der Waals surface area contributed by atoms with Crippen molar-refractivity contribution >= 4 is 16.9 Å². The molecule has 36 heavy (non-hydrogen) atoms. The van der Waals surface area contributed by atoms with Crippen molar-refractivity contribution in [2.24, 2.45) is 0 Å². The van der Waals surface area contributed by atoms with Crippen molar-refractivity contribution in [2.75, 3.05) is 0 Å². The Morgan fingerprint density at radius 1 is 0.917 bits per heavy atom. The minimum absolute atomic E-state index is 0.775. The Bertz CT molecular complexity index is 1470. The highest BCUT2D eigenvalue weighted by Gasteiger charge is 2.38. The number of alkyl halides is 3. The number of hydrogen-bond acceptors (Lipinski definition) is 4. The Balaban J connectivity index is 0.000000384. The van der Waals surface area contributed by atoms with E-state index in [9.17, 15) is 13.2 Å². The summed E-state index contributed by atoms with van der Waals surface area (Å²) in [5, 5.41) is 8.13. The largest absolute Gasteiger partial charge is 0.490 e. The molecule has 5 aromatic rings. The summed E-state index contributed by atoms with van der Waals surface area (Å²) in [5.41, 5.74) is 12.2. The van der Waals surface area contributed by atoms with Crippen LogP contribution in [0.2, 0.25) is 0 Å². The number of fused-ring (bicyclic) bond motifs is 1. The van der Waals surface area contributed by atoms with Gasteiger partial charge in [0.15, 0.2) is 0 Å². The van der Waals surface area contributed by atoms with Crippen molar-refractivity contribution in [3.8, 4) is 33.6 Å². The van der Waals surface area contributed by atoms with E-state index >= 15 is 0 Å². The van der Waals surface area contributed by atoms with Gasteiger partial charge in [0.25, 0.3) is 0 Å². The van der Waals surface area contributed by atoms with Crippen molar-refractivity contribution in [3.63, 3.8) is 0 Å².